The van der Waals surface area contributed by atoms with Crippen LogP contribution in [0, 0.1) is 6.92 Å². The topological polar surface area (TPSA) is 51.0 Å². The lowest BCUT2D eigenvalue weighted by atomic mass is 10.3. The summed E-state index contributed by atoms with van der Waals surface area (Å²) in [4.78, 5) is 24.5. The van der Waals surface area contributed by atoms with Crippen LogP contribution in [0.25, 0.3) is 10.2 Å². The lowest BCUT2D eigenvalue weighted by molar-refractivity contribution is 0.0796. The molecule has 0 atom stereocenters. The Labute approximate surface area is 147 Å². The largest absolute Gasteiger partial charge is 0.341 e. The zero-order valence-electron chi connectivity index (χ0n) is 13.0. The van der Waals surface area contributed by atoms with Crippen LogP contribution in [-0.4, -0.2) is 38.9 Å². The molecule has 5 nitrogen and oxygen atoms in total. The number of imidazole rings is 1. The summed E-state index contributed by atoms with van der Waals surface area (Å²) < 4.78 is 3.02. The minimum absolute atomic E-state index is 0.0477. The monoisotopic (exact) mass is 392 g/mol. The third-order valence-electron chi connectivity index (χ3n) is 3.71. The molecule has 3 rings (SSSR count). The van der Waals surface area contributed by atoms with Gasteiger partial charge in [-0.2, -0.15) is 0 Å². The van der Waals surface area contributed by atoms with Gasteiger partial charge in [0.25, 0.3) is 5.91 Å². The number of carbonyl (C=O) groups excluding carboxylic acids is 1. The predicted molar refractivity (Wildman–Crippen MR) is 95.9 cm³/mol. The lowest BCUT2D eigenvalue weighted by Gasteiger charge is -2.16. The number of aryl methyl sites for hydroxylation is 2. The summed E-state index contributed by atoms with van der Waals surface area (Å²) in [5, 5.41) is 0.996. The molecule has 3 aromatic rings. The summed E-state index contributed by atoms with van der Waals surface area (Å²) in [5.74, 6) is 1.05. The lowest BCUT2D eigenvalue weighted by Crippen LogP contribution is -2.27. The number of hydrogen-bond acceptors (Lipinski definition) is 4. The molecule has 1 amide bonds. The Hall–Kier alpha value is -1.73. The molecule has 0 aromatic carbocycles. The van der Waals surface area contributed by atoms with Crippen molar-refractivity contribution in [2.24, 2.45) is 0 Å². The van der Waals surface area contributed by atoms with Gasteiger partial charge in [-0.15, -0.1) is 11.3 Å². The molecular weight excluding hydrogens is 376 g/mol. The zero-order valence-corrected chi connectivity index (χ0v) is 15.4. The van der Waals surface area contributed by atoms with Gasteiger partial charge in [-0.1, -0.05) is 0 Å². The minimum atomic E-state index is 0.0477. The smallest absolute Gasteiger partial charge is 0.263 e. The van der Waals surface area contributed by atoms with Gasteiger partial charge in [-0.25, -0.2) is 9.97 Å². The van der Waals surface area contributed by atoms with E-state index in [4.69, 9.17) is 0 Å². The van der Waals surface area contributed by atoms with E-state index in [1.807, 2.05) is 32.3 Å². The predicted octanol–water partition coefficient (Wildman–Crippen LogP) is 3.73. The van der Waals surface area contributed by atoms with Crippen LogP contribution in [0.15, 0.2) is 35.2 Å². The number of fused-ring (bicyclic) bond motifs is 1. The highest BCUT2D eigenvalue weighted by molar-refractivity contribution is 9.10. The molecule has 3 heterocycles. The summed E-state index contributed by atoms with van der Waals surface area (Å²) in [6.45, 7) is 3.56. The maximum atomic E-state index is 12.5. The molecule has 0 unspecified atom stereocenters. The van der Waals surface area contributed by atoms with Crippen molar-refractivity contribution in [3.8, 4) is 0 Å². The molecule has 0 saturated heterocycles. The van der Waals surface area contributed by atoms with Gasteiger partial charge in [0.05, 0.1) is 4.88 Å². The van der Waals surface area contributed by atoms with Crippen molar-refractivity contribution in [3.05, 3.63) is 45.9 Å². The van der Waals surface area contributed by atoms with Gasteiger partial charge in [-0.3, -0.25) is 4.79 Å². The third-order valence-corrected chi connectivity index (χ3v) is 5.19. The Bertz CT molecular complexity index is 842. The average Bonchev–Trinajstić information content (AvgIpc) is 3.12. The Balaban J connectivity index is 1.63. The number of halogens is 1. The van der Waals surface area contributed by atoms with Gasteiger partial charge in [0.1, 0.15) is 10.7 Å². The molecule has 3 aromatic heterocycles. The second-order valence-corrected chi connectivity index (χ2v) is 7.35. The Morgan fingerprint density at radius 1 is 1.39 bits per heavy atom. The maximum Gasteiger partial charge on any atom is 0.263 e. The zero-order chi connectivity index (χ0) is 16.4. The van der Waals surface area contributed by atoms with Gasteiger partial charge >= 0.3 is 0 Å². The standard InChI is InChI=1S/C16H17BrN4OS/c1-11-18-4-7-21(11)6-3-5-20(2)16(22)14-9-12-8-13(17)10-19-15(12)23-14/h4,7-10H,3,5-6H2,1-2H3. The SMILES string of the molecule is Cc1nccn1CCCN(C)C(=O)c1cc2cc(Br)cnc2s1. The van der Waals surface area contributed by atoms with Crippen molar-refractivity contribution in [3.63, 3.8) is 0 Å². The molecular formula is C16H17BrN4OS. The normalized spacial score (nSPS) is 11.1. The summed E-state index contributed by atoms with van der Waals surface area (Å²) in [6.07, 6.45) is 6.41. The highest BCUT2D eigenvalue weighted by atomic mass is 79.9. The fourth-order valence-electron chi connectivity index (χ4n) is 2.42. The van der Waals surface area contributed by atoms with Gasteiger partial charge < -0.3 is 9.47 Å². The van der Waals surface area contributed by atoms with Gasteiger partial charge in [0.2, 0.25) is 0 Å². The summed E-state index contributed by atoms with van der Waals surface area (Å²) >= 11 is 4.84. The molecule has 0 N–H and O–H groups in total. The van der Waals surface area contributed by atoms with E-state index in [0.29, 0.717) is 6.54 Å². The van der Waals surface area contributed by atoms with Crippen LogP contribution in [0.2, 0.25) is 0 Å². The molecule has 0 aliphatic heterocycles. The number of carbonyl (C=O) groups is 1. The quantitative estimate of drug-likeness (QED) is 0.664. The minimum Gasteiger partial charge on any atom is -0.341 e. The van der Waals surface area contributed by atoms with Gasteiger partial charge in [-0.05, 0) is 41.4 Å². The number of amides is 1. The van der Waals surface area contributed by atoms with Crippen molar-refractivity contribution in [1.29, 1.82) is 0 Å². The van der Waals surface area contributed by atoms with Crippen LogP contribution in [0.4, 0.5) is 0 Å². The first kappa shape index (κ1) is 16.1. The fourth-order valence-corrected chi connectivity index (χ4v) is 3.75. The summed E-state index contributed by atoms with van der Waals surface area (Å²) in [7, 11) is 1.84. The molecule has 0 aliphatic carbocycles. The molecule has 120 valence electrons. The van der Waals surface area contributed by atoms with Crippen LogP contribution in [0.5, 0.6) is 0 Å². The Kier molecular flexibility index (Phi) is 4.77. The first-order valence-corrected chi connectivity index (χ1v) is 8.94. The van der Waals surface area contributed by atoms with Crippen LogP contribution in [0.1, 0.15) is 21.9 Å². The molecule has 0 aliphatic rings. The van der Waals surface area contributed by atoms with Crippen molar-refractivity contribution in [1.82, 2.24) is 19.4 Å². The molecule has 0 spiro atoms. The van der Waals surface area contributed by atoms with Crippen LogP contribution >= 0.6 is 27.3 Å². The van der Waals surface area contributed by atoms with Crippen molar-refractivity contribution in [2.45, 2.75) is 19.9 Å². The van der Waals surface area contributed by atoms with Crippen molar-refractivity contribution < 1.29 is 4.79 Å². The van der Waals surface area contributed by atoms with Gasteiger partial charge in [0, 0.05) is 48.6 Å². The Morgan fingerprint density at radius 3 is 2.96 bits per heavy atom. The number of thiophene rings is 1. The van der Waals surface area contributed by atoms with E-state index in [2.05, 4.69) is 30.5 Å². The molecule has 0 fully saturated rings. The van der Waals surface area contributed by atoms with E-state index in [9.17, 15) is 4.79 Å². The van der Waals surface area contributed by atoms with E-state index in [1.54, 1.807) is 17.3 Å². The van der Waals surface area contributed by atoms with Crippen molar-refractivity contribution >= 4 is 43.4 Å². The molecule has 23 heavy (non-hydrogen) atoms. The van der Waals surface area contributed by atoms with E-state index in [-0.39, 0.29) is 5.91 Å². The summed E-state index contributed by atoms with van der Waals surface area (Å²) in [5.41, 5.74) is 0. The van der Waals surface area contributed by atoms with Crippen LogP contribution < -0.4 is 0 Å². The van der Waals surface area contributed by atoms with E-state index in [1.165, 1.54) is 11.3 Å². The van der Waals surface area contributed by atoms with Gasteiger partial charge in [0.15, 0.2) is 0 Å². The molecule has 7 heteroatoms. The highest BCUT2D eigenvalue weighted by Gasteiger charge is 2.15. The van der Waals surface area contributed by atoms with Crippen molar-refractivity contribution in [2.75, 3.05) is 13.6 Å². The van der Waals surface area contributed by atoms with E-state index < -0.39 is 0 Å². The number of hydrogen-bond donors (Lipinski definition) is 0. The third kappa shape index (κ3) is 3.61. The Morgan fingerprint density at radius 2 is 2.22 bits per heavy atom. The van der Waals surface area contributed by atoms with E-state index >= 15 is 0 Å². The number of pyridine rings is 1. The first-order chi connectivity index (χ1) is 11.0. The van der Waals surface area contributed by atoms with Crippen LogP contribution in [0.3, 0.4) is 0 Å². The van der Waals surface area contributed by atoms with Crippen LogP contribution in [-0.2, 0) is 6.54 Å². The van der Waals surface area contributed by atoms with E-state index in [0.717, 1.165) is 38.4 Å². The number of rotatable bonds is 5. The molecule has 0 saturated carbocycles. The second kappa shape index (κ2) is 6.80. The second-order valence-electron chi connectivity index (χ2n) is 5.41. The summed E-state index contributed by atoms with van der Waals surface area (Å²) in [6, 6.07) is 3.90. The fraction of sp³-hybridized carbons (Fsp3) is 0.312. The average molecular weight is 393 g/mol. The highest BCUT2D eigenvalue weighted by Crippen LogP contribution is 2.26. The molecule has 0 radical (unpaired) electrons. The first-order valence-electron chi connectivity index (χ1n) is 7.33. The maximum absolute atomic E-state index is 12.5. The number of aromatic nitrogens is 3. The number of nitrogens with zero attached hydrogens (tertiary/aromatic N) is 4. The molecule has 0 bridgehead atoms.